The molecule has 0 radical (unpaired) electrons. The molecule has 0 aromatic carbocycles. The van der Waals surface area contributed by atoms with Crippen LogP contribution in [-0.2, 0) is 13.1 Å². The number of piperidine rings is 1. The van der Waals surface area contributed by atoms with Crippen LogP contribution in [0.25, 0.3) is 0 Å². The van der Waals surface area contributed by atoms with Crippen molar-refractivity contribution in [2.45, 2.75) is 66.1 Å². The van der Waals surface area contributed by atoms with Crippen LogP contribution in [0.5, 0.6) is 0 Å². The minimum atomic E-state index is 0.196. The Kier molecular flexibility index (Phi) is 5.27. The largest absolute Gasteiger partial charge is 0.307 e. The van der Waals surface area contributed by atoms with Crippen molar-refractivity contribution < 1.29 is 0 Å². The smallest absolute Gasteiger partial charge is 0.0304 e. The molecule has 1 aromatic rings. The highest BCUT2D eigenvalue weighted by atomic mass is 32.1. The number of rotatable bonds is 4. The molecule has 1 fully saturated rings. The quantitative estimate of drug-likeness (QED) is 0.896. The number of nitrogens with one attached hydrogen (secondary N) is 1. The van der Waals surface area contributed by atoms with Crippen LogP contribution < -0.4 is 5.32 Å². The fourth-order valence-electron chi connectivity index (χ4n) is 2.65. The van der Waals surface area contributed by atoms with E-state index in [0.717, 1.165) is 19.0 Å². The van der Waals surface area contributed by atoms with E-state index in [9.17, 15) is 0 Å². The molecule has 0 bridgehead atoms. The van der Waals surface area contributed by atoms with E-state index in [1.54, 1.807) is 0 Å². The van der Waals surface area contributed by atoms with Crippen molar-refractivity contribution in [3.05, 3.63) is 21.4 Å². The predicted octanol–water partition coefficient (Wildman–Crippen LogP) is 4.18. The minimum absolute atomic E-state index is 0.196. The second-order valence-corrected chi connectivity index (χ2v) is 8.70. The first-order valence-electron chi connectivity index (χ1n) is 7.89. The van der Waals surface area contributed by atoms with Gasteiger partial charge < -0.3 is 5.32 Å². The summed E-state index contributed by atoms with van der Waals surface area (Å²) in [6.07, 6.45) is 2.73. The van der Waals surface area contributed by atoms with Gasteiger partial charge in [0, 0.05) is 28.4 Å². The van der Waals surface area contributed by atoms with Crippen molar-refractivity contribution >= 4 is 11.3 Å². The summed E-state index contributed by atoms with van der Waals surface area (Å²) in [5.74, 6) is 0.918. The van der Waals surface area contributed by atoms with E-state index in [0.29, 0.717) is 0 Å². The summed E-state index contributed by atoms with van der Waals surface area (Å²) >= 11 is 1.96. The van der Waals surface area contributed by atoms with Crippen molar-refractivity contribution in [3.8, 4) is 0 Å². The topological polar surface area (TPSA) is 15.3 Å². The van der Waals surface area contributed by atoms with E-state index >= 15 is 0 Å². The Balaban J connectivity index is 1.90. The number of aryl methyl sites for hydroxylation is 1. The summed E-state index contributed by atoms with van der Waals surface area (Å²) < 4.78 is 0. The maximum absolute atomic E-state index is 3.58. The van der Waals surface area contributed by atoms with E-state index < -0.39 is 0 Å². The van der Waals surface area contributed by atoms with Crippen LogP contribution in [0.2, 0.25) is 0 Å². The van der Waals surface area contributed by atoms with Crippen molar-refractivity contribution in [2.75, 3.05) is 13.1 Å². The maximum atomic E-state index is 3.58. The molecule has 3 heteroatoms. The van der Waals surface area contributed by atoms with Crippen molar-refractivity contribution in [3.63, 3.8) is 0 Å². The molecule has 20 heavy (non-hydrogen) atoms. The highest BCUT2D eigenvalue weighted by Crippen LogP contribution is 2.25. The summed E-state index contributed by atoms with van der Waals surface area (Å²) in [6.45, 7) is 16.0. The van der Waals surface area contributed by atoms with Crippen molar-refractivity contribution in [2.24, 2.45) is 5.92 Å². The van der Waals surface area contributed by atoms with E-state index in [1.165, 1.54) is 41.2 Å². The third-order valence-electron chi connectivity index (χ3n) is 4.13. The Morgan fingerprint density at radius 2 is 1.95 bits per heavy atom. The Morgan fingerprint density at radius 3 is 2.55 bits per heavy atom. The van der Waals surface area contributed by atoms with Gasteiger partial charge in [0.25, 0.3) is 0 Å². The van der Waals surface area contributed by atoms with E-state index in [1.807, 2.05) is 11.3 Å². The molecule has 1 aliphatic rings. The molecule has 2 rings (SSSR count). The van der Waals surface area contributed by atoms with Crippen LogP contribution >= 0.6 is 11.3 Å². The fourth-order valence-corrected chi connectivity index (χ4v) is 3.64. The highest BCUT2D eigenvalue weighted by Gasteiger charge is 2.17. The zero-order chi connectivity index (χ0) is 14.8. The lowest BCUT2D eigenvalue weighted by Crippen LogP contribution is -2.34. The summed E-state index contributed by atoms with van der Waals surface area (Å²) in [7, 11) is 0. The molecule has 1 N–H and O–H groups in total. The van der Waals surface area contributed by atoms with Crippen molar-refractivity contribution in [1.82, 2.24) is 10.2 Å². The maximum Gasteiger partial charge on any atom is 0.0304 e. The van der Waals surface area contributed by atoms with E-state index in [4.69, 9.17) is 0 Å². The summed E-state index contributed by atoms with van der Waals surface area (Å²) in [4.78, 5) is 5.59. The predicted molar refractivity (Wildman–Crippen MR) is 89.3 cm³/mol. The molecule has 1 aromatic heterocycles. The van der Waals surface area contributed by atoms with Gasteiger partial charge in [0.15, 0.2) is 0 Å². The second-order valence-electron chi connectivity index (χ2n) is 7.36. The molecule has 2 heterocycles. The zero-order valence-electron chi connectivity index (χ0n) is 13.8. The van der Waals surface area contributed by atoms with Gasteiger partial charge in [0.1, 0.15) is 0 Å². The lowest BCUT2D eigenvalue weighted by Gasteiger charge is -2.30. The van der Waals surface area contributed by atoms with Gasteiger partial charge in [0.05, 0.1) is 0 Å². The van der Waals surface area contributed by atoms with Gasteiger partial charge in [-0.15, -0.1) is 11.3 Å². The molecule has 0 aliphatic carbocycles. The monoisotopic (exact) mass is 294 g/mol. The number of hydrogen-bond acceptors (Lipinski definition) is 3. The first-order valence-corrected chi connectivity index (χ1v) is 8.71. The number of hydrogen-bond donors (Lipinski definition) is 1. The first-order chi connectivity index (χ1) is 9.33. The molecule has 0 saturated carbocycles. The van der Waals surface area contributed by atoms with Gasteiger partial charge in [-0.05, 0) is 71.2 Å². The number of nitrogens with zero attached hydrogens (tertiary/aromatic N) is 1. The van der Waals surface area contributed by atoms with Gasteiger partial charge in [-0.1, -0.05) is 6.92 Å². The first kappa shape index (κ1) is 16.0. The third-order valence-corrected chi connectivity index (χ3v) is 5.23. The Morgan fingerprint density at radius 1 is 1.30 bits per heavy atom. The van der Waals surface area contributed by atoms with Gasteiger partial charge in [-0.2, -0.15) is 0 Å². The lowest BCUT2D eigenvalue weighted by atomic mass is 9.99. The third kappa shape index (κ3) is 4.87. The second kappa shape index (κ2) is 6.59. The lowest BCUT2D eigenvalue weighted by molar-refractivity contribution is 0.185. The van der Waals surface area contributed by atoms with Crippen LogP contribution in [0, 0.1) is 12.8 Å². The fraction of sp³-hybridized carbons (Fsp3) is 0.765. The molecule has 1 aliphatic heterocycles. The Hall–Kier alpha value is -0.380. The van der Waals surface area contributed by atoms with E-state index in [-0.39, 0.29) is 5.54 Å². The van der Waals surface area contributed by atoms with Crippen LogP contribution in [0.1, 0.15) is 55.9 Å². The molecule has 0 atom stereocenters. The van der Waals surface area contributed by atoms with Crippen LogP contribution in [0.15, 0.2) is 6.07 Å². The van der Waals surface area contributed by atoms with Crippen molar-refractivity contribution in [1.29, 1.82) is 0 Å². The number of thiophene rings is 1. The van der Waals surface area contributed by atoms with Gasteiger partial charge in [-0.25, -0.2) is 0 Å². The van der Waals surface area contributed by atoms with Crippen LogP contribution in [0.3, 0.4) is 0 Å². The standard InChI is InChI=1S/C17H30N2S/c1-13-6-8-19(9-7-13)12-15-10-16(20-14(15)2)11-18-17(3,4)5/h10,13,18H,6-9,11-12H2,1-5H3. The number of likely N-dealkylation sites (tertiary alicyclic amines) is 1. The van der Waals surface area contributed by atoms with Gasteiger partial charge >= 0.3 is 0 Å². The molecule has 1 saturated heterocycles. The average Bonchev–Trinajstić information content (AvgIpc) is 2.70. The summed E-state index contributed by atoms with van der Waals surface area (Å²) in [5, 5.41) is 3.58. The normalized spacial score (nSPS) is 18.6. The summed E-state index contributed by atoms with van der Waals surface area (Å²) in [6, 6.07) is 2.41. The van der Waals surface area contributed by atoms with Crippen LogP contribution in [0.4, 0.5) is 0 Å². The molecule has 2 nitrogen and oxygen atoms in total. The molecule has 0 spiro atoms. The molecule has 114 valence electrons. The molecular weight excluding hydrogens is 264 g/mol. The SMILES string of the molecule is Cc1sc(CNC(C)(C)C)cc1CN1CCC(C)CC1. The van der Waals surface area contributed by atoms with Gasteiger partial charge in [0.2, 0.25) is 0 Å². The van der Waals surface area contributed by atoms with E-state index in [2.05, 4.69) is 50.9 Å². The Bertz CT molecular complexity index is 423. The molecule has 0 amide bonds. The summed E-state index contributed by atoms with van der Waals surface area (Å²) in [5.41, 5.74) is 1.73. The molecular formula is C17H30N2S. The van der Waals surface area contributed by atoms with Gasteiger partial charge in [-0.3, -0.25) is 4.90 Å². The zero-order valence-corrected chi connectivity index (χ0v) is 14.6. The average molecular weight is 295 g/mol. The highest BCUT2D eigenvalue weighted by molar-refractivity contribution is 7.12. The molecule has 0 unspecified atom stereocenters. The Labute approximate surface area is 128 Å². The van der Waals surface area contributed by atoms with Crippen LogP contribution in [-0.4, -0.2) is 23.5 Å². The minimum Gasteiger partial charge on any atom is -0.307 e.